The van der Waals surface area contributed by atoms with Gasteiger partial charge in [0.25, 0.3) is 5.91 Å². The summed E-state index contributed by atoms with van der Waals surface area (Å²) in [5.41, 5.74) is 3.54. The van der Waals surface area contributed by atoms with E-state index in [9.17, 15) is 9.59 Å². The molecule has 2 amide bonds. The van der Waals surface area contributed by atoms with Gasteiger partial charge in [0.2, 0.25) is 5.91 Å². The summed E-state index contributed by atoms with van der Waals surface area (Å²) in [6.45, 7) is 4.02. The molecule has 0 spiro atoms. The van der Waals surface area contributed by atoms with E-state index in [1.165, 1.54) is 12.1 Å². The molecule has 2 aliphatic rings. The Kier molecular flexibility index (Phi) is 5.88. The summed E-state index contributed by atoms with van der Waals surface area (Å²) in [7, 11) is 1.97. The highest BCUT2D eigenvalue weighted by molar-refractivity contribution is 5.92. The molecular formula is C23H31N5O2. The van der Waals surface area contributed by atoms with Crippen LogP contribution in [0.4, 0.5) is 0 Å². The van der Waals surface area contributed by atoms with Gasteiger partial charge in [-0.2, -0.15) is 5.10 Å². The number of hydrogen-bond acceptors (Lipinski definition) is 4. The lowest BCUT2D eigenvalue weighted by atomic mass is 9.74. The molecule has 30 heavy (non-hydrogen) atoms. The summed E-state index contributed by atoms with van der Waals surface area (Å²) in [5, 5.41) is 7.62. The van der Waals surface area contributed by atoms with Gasteiger partial charge in [0.1, 0.15) is 5.69 Å². The molecule has 0 aromatic carbocycles. The second-order valence-corrected chi connectivity index (χ2v) is 8.81. The van der Waals surface area contributed by atoms with Crippen LogP contribution in [0.5, 0.6) is 0 Å². The number of aromatic nitrogens is 3. The zero-order valence-electron chi connectivity index (χ0n) is 18.0. The largest absolute Gasteiger partial charge is 0.350 e. The number of nitrogens with zero attached hydrogens (tertiary/aromatic N) is 4. The van der Waals surface area contributed by atoms with Crippen LogP contribution in [0.2, 0.25) is 0 Å². The number of carbonyl (C=O) groups is 2. The van der Waals surface area contributed by atoms with Gasteiger partial charge in [-0.05, 0) is 25.0 Å². The van der Waals surface area contributed by atoms with Gasteiger partial charge < -0.3 is 10.2 Å². The standard InChI is InChI=1S/C23H31N5O2/c1-23(11-5-3-6-12-23)22(30)28-15-10-20-17(16-28)18(26-27(20)2)9-14-25-21(29)19-8-4-7-13-24-19/h4,7-8,13H,3,5-6,9-12,14-16H2,1-2H3,(H,25,29). The topological polar surface area (TPSA) is 80.1 Å². The first-order chi connectivity index (χ1) is 14.5. The molecular weight excluding hydrogens is 378 g/mol. The van der Waals surface area contributed by atoms with Crippen LogP contribution in [0.15, 0.2) is 24.4 Å². The maximum atomic E-state index is 13.3. The van der Waals surface area contributed by atoms with Gasteiger partial charge in [0, 0.05) is 62.4 Å². The molecule has 7 heteroatoms. The molecule has 2 aromatic rings. The van der Waals surface area contributed by atoms with Crippen LogP contribution in [-0.2, 0) is 31.2 Å². The number of aryl methyl sites for hydroxylation is 1. The summed E-state index contributed by atoms with van der Waals surface area (Å²) in [5.74, 6) is 0.119. The molecule has 2 aromatic heterocycles. The van der Waals surface area contributed by atoms with Crippen molar-refractivity contribution in [2.45, 2.75) is 58.4 Å². The number of fused-ring (bicyclic) bond motifs is 1. The van der Waals surface area contributed by atoms with E-state index in [0.717, 1.165) is 49.9 Å². The van der Waals surface area contributed by atoms with Gasteiger partial charge >= 0.3 is 0 Å². The van der Waals surface area contributed by atoms with E-state index in [1.807, 2.05) is 16.6 Å². The lowest BCUT2D eigenvalue weighted by molar-refractivity contribution is -0.144. The SMILES string of the molecule is Cn1nc(CCNC(=O)c2ccccn2)c2c1CCN(C(=O)C1(C)CCCCC1)C2. The maximum absolute atomic E-state index is 13.3. The first kappa shape index (κ1) is 20.6. The van der Waals surface area contributed by atoms with Crippen LogP contribution >= 0.6 is 0 Å². The lowest BCUT2D eigenvalue weighted by Crippen LogP contribution is -2.45. The van der Waals surface area contributed by atoms with Crippen molar-refractivity contribution in [3.05, 3.63) is 47.0 Å². The van der Waals surface area contributed by atoms with Gasteiger partial charge in [-0.15, -0.1) is 0 Å². The molecule has 1 aliphatic carbocycles. The van der Waals surface area contributed by atoms with Crippen molar-refractivity contribution in [1.29, 1.82) is 0 Å². The van der Waals surface area contributed by atoms with Crippen LogP contribution in [-0.4, -0.2) is 44.6 Å². The minimum absolute atomic E-state index is 0.178. The van der Waals surface area contributed by atoms with Crippen molar-refractivity contribution in [3.8, 4) is 0 Å². The van der Waals surface area contributed by atoms with E-state index in [1.54, 1.807) is 24.4 Å². The molecule has 0 bridgehead atoms. The highest BCUT2D eigenvalue weighted by atomic mass is 16.2. The van der Waals surface area contributed by atoms with Crippen LogP contribution in [0.1, 0.15) is 66.5 Å². The van der Waals surface area contributed by atoms with Crippen LogP contribution < -0.4 is 5.32 Å². The number of rotatable bonds is 5. The molecule has 7 nitrogen and oxygen atoms in total. The molecule has 0 saturated heterocycles. The smallest absolute Gasteiger partial charge is 0.269 e. The Balaban J connectivity index is 1.41. The summed E-state index contributed by atoms with van der Waals surface area (Å²) < 4.78 is 1.94. The fourth-order valence-corrected chi connectivity index (χ4v) is 4.85. The minimum atomic E-state index is -0.214. The number of pyridine rings is 1. The van der Waals surface area contributed by atoms with Crippen molar-refractivity contribution in [2.24, 2.45) is 12.5 Å². The first-order valence-corrected chi connectivity index (χ1v) is 11.0. The average Bonchev–Trinajstić information content (AvgIpc) is 3.09. The molecule has 1 saturated carbocycles. The van der Waals surface area contributed by atoms with E-state index in [2.05, 4.69) is 17.2 Å². The molecule has 1 fully saturated rings. The second kappa shape index (κ2) is 8.58. The Morgan fingerprint density at radius 2 is 2.00 bits per heavy atom. The van der Waals surface area contributed by atoms with E-state index in [0.29, 0.717) is 31.1 Å². The average molecular weight is 410 g/mol. The van der Waals surface area contributed by atoms with E-state index < -0.39 is 0 Å². The summed E-state index contributed by atoms with van der Waals surface area (Å²) in [6, 6.07) is 5.29. The predicted molar refractivity (Wildman–Crippen MR) is 114 cm³/mol. The number of amides is 2. The second-order valence-electron chi connectivity index (χ2n) is 8.81. The highest BCUT2D eigenvalue weighted by Crippen LogP contribution is 2.38. The Bertz CT molecular complexity index is 915. The fraction of sp³-hybridized carbons (Fsp3) is 0.565. The zero-order valence-corrected chi connectivity index (χ0v) is 18.0. The molecule has 4 rings (SSSR count). The molecule has 0 unspecified atom stereocenters. The van der Waals surface area contributed by atoms with Gasteiger partial charge in [0.05, 0.1) is 5.69 Å². The number of hydrogen-bond donors (Lipinski definition) is 1. The molecule has 3 heterocycles. The Morgan fingerprint density at radius 3 is 2.73 bits per heavy atom. The summed E-state index contributed by atoms with van der Waals surface area (Å²) in [6.07, 6.45) is 8.61. The number of carbonyl (C=O) groups excluding carboxylic acids is 2. The van der Waals surface area contributed by atoms with Gasteiger partial charge in [-0.3, -0.25) is 19.3 Å². The van der Waals surface area contributed by atoms with Gasteiger partial charge in [0.15, 0.2) is 0 Å². The van der Waals surface area contributed by atoms with Gasteiger partial charge in [-0.1, -0.05) is 32.3 Å². The Morgan fingerprint density at radius 1 is 1.20 bits per heavy atom. The molecule has 0 radical (unpaired) electrons. The fourth-order valence-electron chi connectivity index (χ4n) is 4.85. The van der Waals surface area contributed by atoms with Gasteiger partial charge in [-0.25, -0.2) is 0 Å². The van der Waals surface area contributed by atoms with Crippen molar-refractivity contribution < 1.29 is 9.59 Å². The minimum Gasteiger partial charge on any atom is -0.350 e. The quantitative estimate of drug-likeness (QED) is 0.823. The van der Waals surface area contributed by atoms with E-state index in [-0.39, 0.29) is 11.3 Å². The third-order valence-corrected chi connectivity index (χ3v) is 6.63. The normalized spacial score (nSPS) is 18.0. The summed E-state index contributed by atoms with van der Waals surface area (Å²) >= 11 is 0. The van der Waals surface area contributed by atoms with Crippen LogP contribution in [0.3, 0.4) is 0 Å². The molecule has 0 atom stereocenters. The zero-order chi connectivity index (χ0) is 21.1. The first-order valence-electron chi connectivity index (χ1n) is 11.0. The maximum Gasteiger partial charge on any atom is 0.269 e. The third kappa shape index (κ3) is 4.11. The van der Waals surface area contributed by atoms with E-state index >= 15 is 0 Å². The lowest BCUT2D eigenvalue weighted by Gasteiger charge is -2.38. The summed E-state index contributed by atoms with van der Waals surface area (Å²) in [4.78, 5) is 31.6. The van der Waals surface area contributed by atoms with Crippen molar-refractivity contribution in [1.82, 2.24) is 25.0 Å². The monoisotopic (exact) mass is 409 g/mol. The number of nitrogens with one attached hydrogen (secondary N) is 1. The highest BCUT2D eigenvalue weighted by Gasteiger charge is 2.39. The van der Waals surface area contributed by atoms with Crippen LogP contribution in [0.25, 0.3) is 0 Å². The van der Waals surface area contributed by atoms with Crippen molar-refractivity contribution >= 4 is 11.8 Å². The van der Waals surface area contributed by atoms with Crippen molar-refractivity contribution in [2.75, 3.05) is 13.1 Å². The molecule has 160 valence electrons. The third-order valence-electron chi connectivity index (χ3n) is 6.63. The van der Waals surface area contributed by atoms with E-state index in [4.69, 9.17) is 5.10 Å². The Hall–Kier alpha value is -2.70. The predicted octanol–water partition coefficient (Wildman–Crippen LogP) is 2.64. The molecule has 1 N–H and O–H groups in total. The molecule has 1 aliphatic heterocycles. The van der Waals surface area contributed by atoms with Crippen LogP contribution in [0, 0.1) is 5.41 Å². The van der Waals surface area contributed by atoms with Crippen molar-refractivity contribution in [3.63, 3.8) is 0 Å². The Labute approximate surface area is 177 Å².